The van der Waals surface area contributed by atoms with E-state index in [4.69, 9.17) is 0 Å². The highest BCUT2D eigenvalue weighted by Gasteiger charge is 2.45. The van der Waals surface area contributed by atoms with Crippen LogP contribution in [-0.2, 0) is 14.4 Å². The molecule has 6 rings (SSSR count). The molecule has 4 heterocycles. The van der Waals surface area contributed by atoms with E-state index >= 15 is 0 Å². The Morgan fingerprint density at radius 3 is 2.28 bits per heavy atom. The molecule has 57 heavy (non-hydrogen) atoms. The first kappa shape index (κ1) is 40.5. The molecule has 1 atom stereocenters. The molecular weight excluding hydrogens is 727 g/mol. The van der Waals surface area contributed by atoms with Crippen molar-refractivity contribution in [2.24, 2.45) is 5.92 Å². The molecule has 1 aromatic heterocycles. The molecule has 0 bridgehead atoms. The molecule has 14 nitrogen and oxygen atoms in total. The van der Waals surface area contributed by atoms with Gasteiger partial charge >= 0.3 is 0 Å². The monoisotopic (exact) mass is 775 g/mol. The number of carbonyl (C=O) groups is 7. The summed E-state index contributed by atoms with van der Waals surface area (Å²) in [6.45, 7) is 3.04. The summed E-state index contributed by atoms with van der Waals surface area (Å²) in [5, 5.41) is 11.3. The van der Waals surface area contributed by atoms with E-state index in [9.17, 15) is 33.6 Å². The van der Waals surface area contributed by atoms with E-state index in [1.54, 1.807) is 60.9 Å². The minimum Gasteiger partial charge on any atom is -0.384 e. The summed E-state index contributed by atoms with van der Waals surface area (Å²) in [7, 11) is 0. The highest BCUT2D eigenvalue weighted by molar-refractivity contribution is 6.25. The lowest BCUT2D eigenvalue weighted by atomic mass is 9.91. The number of imide groups is 2. The van der Waals surface area contributed by atoms with E-state index in [1.165, 1.54) is 6.08 Å². The predicted molar refractivity (Wildman–Crippen MR) is 213 cm³/mol. The number of amides is 7. The molecule has 3 aliphatic rings. The van der Waals surface area contributed by atoms with E-state index in [0.29, 0.717) is 55.5 Å². The van der Waals surface area contributed by atoms with Crippen LogP contribution in [0, 0.1) is 5.92 Å². The van der Waals surface area contributed by atoms with Crippen LogP contribution in [0.4, 0.5) is 5.69 Å². The molecule has 7 amide bonds. The Labute approximate surface area is 331 Å². The molecule has 0 saturated carbocycles. The number of anilines is 1. The second-order valence-electron chi connectivity index (χ2n) is 14.6. The first-order chi connectivity index (χ1) is 27.7. The van der Waals surface area contributed by atoms with Gasteiger partial charge in [-0.05, 0) is 105 Å². The Morgan fingerprint density at radius 2 is 1.53 bits per heavy atom. The summed E-state index contributed by atoms with van der Waals surface area (Å²) in [6, 6.07) is 14.4. The van der Waals surface area contributed by atoms with Crippen molar-refractivity contribution < 1.29 is 33.6 Å². The van der Waals surface area contributed by atoms with Crippen LogP contribution in [0.3, 0.4) is 0 Å². The summed E-state index contributed by atoms with van der Waals surface area (Å²) in [6.07, 6.45) is 14.0. The maximum absolute atomic E-state index is 13.3. The van der Waals surface area contributed by atoms with Crippen molar-refractivity contribution in [2.45, 2.75) is 70.3 Å². The number of carbonyl (C=O) groups excluding carboxylic acids is 7. The molecule has 2 aromatic carbocycles. The van der Waals surface area contributed by atoms with Crippen molar-refractivity contribution in [3.8, 4) is 0 Å². The fourth-order valence-electron chi connectivity index (χ4n) is 7.46. The second-order valence-corrected chi connectivity index (χ2v) is 14.6. The molecule has 2 fully saturated rings. The van der Waals surface area contributed by atoms with Gasteiger partial charge < -0.3 is 20.9 Å². The standard InChI is InChI=1S/C43H49N7O7/c51-36(18-12-30-9-7-22-44-28-30)46-24-5-2-8-29-20-26-49(27-21-29)41(55)32-15-13-31(14-16-32)39(53)47-25-4-1-3-23-45-34-11-6-10-33-38(34)43(57)50(42(33)56)35-17-19-37(52)48-40(35)54/h6-7,9-16,18,22,28-29,35,45H,1-5,8,17,19-21,23-27H2,(H,46,51)(H,47,53)(H,48,52,54)/b18-12+. The van der Waals surface area contributed by atoms with Gasteiger partial charge in [0, 0.05) is 74.4 Å². The van der Waals surface area contributed by atoms with Crippen LogP contribution in [0.5, 0.6) is 0 Å². The number of fused-ring (bicyclic) bond motifs is 1. The first-order valence-electron chi connectivity index (χ1n) is 19.8. The largest absolute Gasteiger partial charge is 0.384 e. The zero-order valence-electron chi connectivity index (χ0n) is 32.0. The van der Waals surface area contributed by atoms with Gasteiger partial charge in [-0.25, -0.2) is 0 Å². The number of nitrogens with one attached hydrogen (secondary N) is 4. The van der Waals surface area contributed by atoms with Crippen molar-refractivity contribution in [3.63, 3.8) is 0 Å². The van der Waals surface area contributed by atoms with Crippen LogP contribution in [0.15, 0.2) is 73.1 Å². The number of rotatable bonds is 17. The second kappa shape index (κ2) is 19.6. The molecule has 0 radical (unpaired) electrons. The average Bonchev–Trinajstić information content (AvgIpc) is 3.48. The fourth-order valence-corrected chi connectivity index (χ4v) is 7.46. The summed E-state index contributed by atoms with van der Waals surface area (Å²) in [5.41, 5.74) is 2.89. The molecule has 0 aliphatic carbocycles. The molecule has 2 saturated heterocycles. The van der Waals surface area contributed by atoms with Crippen LogP contribution < -0.4 is 21.3 Å². The SMILES string of the molecule is O=C(/C=C/c1cccnc1)NCCCCC1CCN(C(=O)c2ccc(C(=O)NCCCCCNc3cccc4c3C(=O)N(C3CCC(=O)NC3=O)C4=O)cc2)CC1. The first-order valence-corrected chi connectivity index (χ1v) is 19.8. The zero-order valence-corrected chi connectivity index (χ0v) is 32.0. The van der Waals surface area contributed by atoms with Crippen LogP contribution in [-0.4, -0.2) is 94.9 Å². The van der Waals surface area contributed by atoms with Gasteiger partial charge in [0.25, 0.3) is 23.6 Å². The van der Waals surface area contributed by atoms with E-state index in [-0.39, 0.29) is 41.7 Å². The number of pyridine rings is 1. The van der Waals surface area contributed by atoms with E-state index in [0.717, 1.165) is 61.8 Å². The zero-order chi connectivity index (χ0) is 40.1. The van der Waals surface area contributed by atoms with Crippen molar-refractivity contribution in [2.75, 3.05) is 38.0 Å². The Kier molecular flexibility index (Phi) is 13.9. The molecule has 4 N–H and O–H groups in total. The third kappa shape index (κ3) is 10.6. The lowest BCUT2D eigenvalue weighted by Gasteiger charge is -2.32. The Bertz CT molecular complexity index is 1990. The number of aromatic nitrogens is 1. The van der Waals surface area contributed by atoms with Gasteiger partial charge in [0.15, 0.2) is 0 Å². The lowest BCUT2D eigenvalue weighted by Crippen LogP contribution is -2.54. The van der Waals surface area contributed by atoms with Crippen molar-refractivity contribution in [1.29, 1.82) is 0 Å². The maximum atomic E-state index is 13.3. The number of likely N-dealkylation sites (tertiary alicyclic amines) is 1. The minimum absolute atomic E-state index is 0.0286. The molecule has 3 aliphatic heterocycles. The summed E-state index contributed by atoms with van der Waals surface area (Å²) in [4.78, 5) is 95.1. The minimum atomic E-state index is -1.02. The normalized spacial score (nSPS) is 17.1. The molecular formula is C43H49N7O7. The highest BCUT2D eigenvalue weighted by atomic mass is 16.2. The van der Waals surface area contributed by atoms with Crippen molar-refractivity contribution >= 4 is 53.1 Å². The van der Waals surface area contributed by atoms with Gasteiger partial charge in [-0.1, -0.05) is 25.0 Å². The third-order valence-corrected chi connectivity index (χ3v) is 10.7. The van der Waals surface area contributed by atoms with Gasteiger partial charge in [0.1, 0.15) is 6.04 Å². The highest BCUT2D eigenvalue weighted by Crippen LogP contribution is 2.32. The van der Waals surface area contributed by atoms with Crippen molar-refractivity contribution in [3.05, 3.63) is 101 Å². The quantitative estimate of drug-likeness (QED) is 0.0879. The summed E-state index contributed by atoms with van der Waals surface area (Å²) >= 11 is 0. The number of hydrogen-bond acceptors (Lipinski definition) is 9. The summed E-state index contributed by atoms with van der Waals surface area (Å²) < 4.78 is 0. The van der Waals surface area contributed by atoms with Crippen LogP contribution in [0.25, 0.3) is 6.08 Å². The van der Waals surface area contributed by atoms with Crippen molar-refractivity contribution in [1.82, 2.24) is 30.7 Å². The predicted octanol–water partition coefficient (Wildman–Crippen LogP) is 4.35. The Hall–Kier alpha value is -6.18. The van der Waals surface area contributed by atoms with E-state index in [1.807, 2.05) is 17.0 Å². The van der Waals surface area contributed by atoms with Gasteiger partial charge in [0.2, 0.25) is 17.7 Å². The number of benzene rings is 2. The smallest absolute Gasteiger partial charge is 0.264 e. The molecule has 298 valence electrons. The van der Waals surface area contributed by atoms with Crippen LogP contribution >= 0.6 is 0 Å². The summed E-state index contributed by atoms with van der Waals surface area (Å²) in [5.74, 6) is -1.96. The fraction of sp³-hybridized carbons (Fsp3) is 0.395. The topological polar surface area (TPSA) is 187 Å². The number of nitrogens with zero attached hydrogens (tertiary/aromatic N) is 3. The van der Waals surface area contributed by atoms with Gasteiger partial charge in [-0.3, -0.25) is 48.8 Å². The Balaban J connectivity index is 0.832. The van der Waals surface area contributed by atoms with Gasteiger partial charge in [-0.2, -0.15) is 0 Å². The van der Waals surface area contributed by atoms with E-state index < -0.39 is 29.7 Å². The van der Waals surface area contributed by atoms with Crippen LogP contribution in [0.2, 0.25) is 0 Å². The van der Waals surface area contributed by atoms with Gasteiger partial charge in [-0.15, -0.1) is 0 Å². The number of hydrogen-bond donors (Lipinski definition) is 4. The Morgan fingerprint density at radius 1 is 0.789 bits per heavy atom. The average molecular weight is 776 g/mol. The number of piperidine rings is 2. The lowest BCUT2D eigenvalue weighted by molar-refractivity contribution is -0.136. The molecule has 1 unspecified atom stereocenters. The molecule has 3 aromatic rings. The third-order valence-electron chi connectivity index (χ3n) is 10.7. The molecule has 0 spiro atoms. The van der Waals surface area contributed by atoms with E-state index in [2.05, 4.69) is 26.3 Å². The maximum Gasteiger partial charge on any atom is 0.264 e. The number of unbranched alkanes of at least 4 members (excludes halogenated alkanes) is 3. The van der Waals surface area contributed by atoms with Gasteiger partial charge in [0.05, 0.1) is 11.1 Å². The molecule has 14 heteroatoms. The van der Waals surface area contributed by atoms with Crippen LogP contribution in [0.1, 0.15) is 111 Å².